The van der Waals surface area contributed by atoms with E-state index in [4.69, 9.17) is 0 Å². The number of para-hydroxylation sites is 1. The van der Waals surface area contributed by atoms with E-state index >= 15 is 0 Å². The summed E-state index contributed by atoms with van der Waals surface area (Å²) in [6.07, 6.45) is 1.93. The van der Waals surface area contributed by atoms with E-state index in [-0.39, 0.29) is 0 Å². The number of rotatable bonds is 2. The number of fused-ring (bicyclic) bond motifs is 3. The molecule has 2 heterocycles. The van der Waals surface area contributed by atoms with Gasteiger partial charge in [0, 0.05) is 0 Å². The van der Waals surface area contributed by atoms with Gasteiger partial charge in [-0.3, -0.25) is 0 Å². The molecule has 0 aliphatic rings. The average molecular weight is 299 g/mol. The van der Waals surface area contributed by atoms with E-state index in [0.717, 1.165) is 22.1 Å². The van der Waals surface area contributed by atoms with Crippen LogP contribution in [0.4, 0.5) is 0 Å². The molecule has 0 N–H and O–H groups in total. The molecule has 0 unspecified atom stereocenters. The van der Waals surface area contributed by atoms with Gasteiger partial charge in [0.05, 0.1) is 0 Å². The topological polar surface area (TPSA) is 30.7 Å². The summed E-state index contributed by atoms with van der Waals surface area (Å²) >= 11 is 2.52. The average Bonchev–Trinajstić information content (AvgIpc) is 2.73. The van der Waals surface area contributed by atoms with Crippen molar-refractivity contribution < 1.29 is 0 Å². The second kappa shape index (κ2) is 4.40. The normalized spacial score (nSPS) is 11.8. The predicted molar refractivity (Wildman–Crippen MR) is 75.3 cm³/mol. The van der Waals surface area contributed by atoms with Gasteiger partial charge >= 0.3 is 115 Å². The molecule has 1 aromatic carbocycles. The molecule has 0 atom stereocenters. The van der Waals surface area contributed by atoms with Gasteiger partial charge in [0.25, 0.3) is 0 Å². The van der Waals surface area contributed by atoms with Crippen LogP contribution in [-0.4, -0.2) is 31.4 Å². The number of benzene rings is 1. The molecule has 2 aromatic heterocycles. The van der Waals surface area contributed by atoms with Gasteiger partial charge in [0.1, 0.15) is 0 Å². The van der Waals surface area contributed by atoms with E-state index in [9.17, 15) is 0 Å². The minimum atomic E-state index is 0.601. The van der Waals surface area contributed by atoms with Crippen molar-refractivity contribution in [3.63, 3.8) is 0 Å². The monoisotopic (exact) mass is 299 g/mol. The van der Waals surface area contributed by atoms with Crippen LogP contribution >= 0.6 is 0 Å². The molecule has 3 nitrogen and oxygen atoms in total. The fourth-order valence-corrected chi connectivity index (χ4v) is 2.87. The minimum absolute atomic E-state index is 0.601. The zero-order valence-electron chi connectivity index (χ0n) is 10.5. The molecular formula is C14H14AsN3. The Morgan fingerprint density at radius 3 is 2.83 bits per heavy atom. The van der Waals surface area contributed by atoms with E-state index in [2.05, 4.69) is 63.4 Å². The molecule has 3 aromatic rings. The number of nitrogens with zero attached hydrogens (tertiary/aromatic N) is 3. The first-order valence-electron chi connectivity index (χ1n) is 6.09. The molecule has 0 fully saturated rings. The third-order valence-corrected chi connectivity index (χ3v) is 3.65. The van der Waals surface area contributed by atoms with Crippen molar-refractivity contribution in [2.24, 2.45) is 5.92 Å². The zero-order chi connectivity index (χ0) is 12.7. The van der Waals surface area contributed by atoms with Crippen molar-refractivity contribution in [2.75, 3.05) is 0 Å². The van der Waals surface area contributed by atoms with Crippen molar-refractivity contribution in [2.45, 2.75) is 20.4 Å². The molecule has 90 valence electrons. The SMILES string of the molecule is CC(C)Cn1cnc2c([As])nc3ccccc3c21. The van der Waals surface area contributed by atoms with E-state index in [1.165, 1.54) is 10.9 Å². The standard InChI is InChI=1S/C14H14AsN3/c1-9(2)7-18-8-16-12-13(18)10-5-3-4-6-11(10)17-14(12)15/h3-6,8-9H,7H2,1-2H3. The van der Waals surface area contributed by atoms with E-state index in [1.54, 1.807) is 0 Å². The van der Waals surface area contributed by atoms with Crippen LogP contribution in [0.15, 0.2) is 30.6 Å². The molecule has 0 spiro atoms. The Morgan fingerprint density at radius 1 is 1.28 bits per heavy atom. The molecule has 3 rings (SSSR count). The maximum absolute atomic E-state index is 4.59. The first kappa shape index (κ1) is 11.7. The van der Waals surface area contributed by atoms with E-state index in [0.29, 0.717) is 5.92 Å². The number of pyridine rings is 1. The predicted octanol–water partition coefficient (Wildman–Crippen LogP) is 2.03. The van der Waals surface area contributed by atoms with Gasteiger partial charge in [-0.05, 0) is 0 Å². The molecular weight excluding hydrogens is 285 g/mol. The third kappa shape index (κ3) is 1.83. The quantitative estimate of drug-likeness (QED) is 0.678. The Bertz CT molecular complexity index is 715. The van der Waals surface area contributed by atoms with Crippen LogP contribution in [0.3, 0.4) is 0 Å². The van der Waals surface area contributed by atoms with Gasteiger partial charge in [-0.2, -0.15) is 0 Å². The van der Waals surface area contributed by atoms with Crippen molar-refractivity contribution >= 4 is 43.3 Å². The third-order valence-electron chi connectivity index (χ3n) is 3.00. The summed E-state index contributed by atoms with van der Waals surface area (Å²) < 4.78 is 3.18. The van der Waals surface area contributed by atoms with Gasteiger partial charge in [-0.15, -0.1) is 0 Å². The molecule has 0 amide bonds. The number of hydrogen-bond donors (Lipinski definition) is 0. The van der Waals surface area contributed by atoms with Crippen LogP contribution < -0.4 is 4.48 Å². The van der Waals surface area contributed by atoms with Gasteiger partial charge < -0.3 is 0 Å². The summed E-state index contributed by atoms with van der Waals surface area (Å²) in [5.41, 5.74) is 3.23. The molecule has 0 saturated carbocycles. The molecule has 0 aliphatic carbocycles. The first-order valence-corrected chi connectivity index (χ1v) is 7.03. The van der Waals surface area contributed by atoms with E-state index in [1.807, 2.05) is 12.4 Å². The van der Waals surface area contributed by atoms with Gasteiger partial charge in [0.15, 0.2) is 0 Å². The fraction of sp³-hybridized carbons (Fsp3) is 0.286. The number of hydrogen-bond acceptors (Lipinski definition) is 2. The first-order chi connectivity index (χ1) is 8.66. The number of aromatic nitrogens is 3. The Morgan fingerprint density at radius 2 is 2.06 bits per heavy atom. The van der Waals surface area contributed by atoms with Crippen LogP contribution in [0.1, 0.15) is 13.8 Å². The summed E-state index contributed by atoms with van der Waals surface area (Å²) in [4.78, 5) is 9.10. The summed E-state index contributed by atoms with van der Waals surface area (Å²) in [7, 11) is 0. The van der Waals surface area contributed by atoms with Crippen molar-refractivity contribution in [1.82, 2.24) is 14.5 Å². The molecule has 18 heavy (non-hydrogen) atoms. The maximum atomic E-state index is 4.59. The molecule has 0 bridgehead atoms. The Balaban J connectivity index is 2.40. The van der Waals surface area contributed by atoms with Crippen LogP contribution in [-0.2, 0) is 6.54 Å². The van der Waals surface area contributed by atoms with Gasteiger partial charge in [-0.1, -0.05) is 0 Å². The van der Waals surface area contributed by atoms with Crippen molar-refractivity contribution in [3.8, 4) is 0 Å². The van der Waals surface area contributed by atoms with Crippen LogP contribution in [0, 0.1) is 5.92 Å². The summed E-state index contributed by atoms with van der Waals surface area (Å²) in [6, 6.07) is 8.26. The van der Waals surface area contributed by atoms with E-state index < -0.39 is 0 Å². The Labute approximate surface area is 115 Å². The van der Waals surface area contributed by atoms with Crippen LogP contribution in [0.2, 0.25) is 0 Å². The Kier molecular flexibility index (Phi) is 2.87. The van der Waals surface area contributed by atoms with Crippen molar-refractivity contribution in [1.29, 1.82) is 0 Å². The number of imidazole rings is 1. The molecule has 0 aliphatic heterocycles. The van der Waals surface area contributed by atoms with Crippen LogP contribution in [0.5, 0.6) is 0 Å². The second-order valence-corrected chi connectivity index (χ2v) is 5.83. The fourth-order valence-electron chi connectivity index (χ4n) is 2.30. The Hall–Kier alpha value is -1.34. The second-order valence-electron chi connectivity index (χ2n) is 4.94. The zero-order valence-corrected chi connectivity index (χ0v) is 12.3. The van der Waals surface area contributed by atoms with Gasteiger partial charge in [0.2, 0.25) is 0 Å². The summed E-state index contributed by atoms with van der Waals surface area (Å²) in [6.45, 7) is 5.42. The summed E-state index contributed by atoms with van der Waals surface area (Å²) in [5, 5.41) is 1.18. The summed E-state index contributed by atoms with van der Waals surface area (Å²) in [5.74, 6) is 0.601. The molecule has 2 radical (unpaired) electrons. The van der Waals surface area contributed by atoms with Crippen molar-refractivity contribution in [3.05, 3.63) is 30.6 Å². The van der Waals surface area contributed by atoms with Crippen LogP contribution in [0.25, 0.3) is 21.9 Å². The molecule has 4 heteroatoms. The molecule has 0 saturated heterocycles. The van der Waals surface area contributed by atoms with Gasteiger partial charge in [-0.25, -0.2) is 0 Å².